The molecule has 0 aromatic heterocycles. The molecule has 2 rings (SSSR count). The minimum absolute atomic E-state index is 0.115. The molecule has 0 fully saturated rings. The first-order valence-electron chi connectivity index (χ1n) is 6.77. The second-order valence-corrected chi connectivity index (χ2v) is 5.44. The molecule has 0 spiro atoms. The Morgan fingerprint density at radius 3 is 2.47 bits per heavy atom. The van der Waals surface area contributed by atoms with Crippen LogP contribution < -0.4 is 0 Å². The van der Waals surface area contributed by atoms with Crippen LogP contribution in [0.1, 0.15) is 40.9 Å². The van der Waals surface area contributed by atoms with Crippen molar-refractivity contribution in [2.75, 3.05) is 0 Å². The molecule has 2 aromatic carbocycles. The smallest absolute Gasteiger partial charge is 0.193 e. The van der Waals surface area contributed by atoms with E-state index in [4.69, 9.17) is 0 Å². The highest BCUT2D eigenvalue weighted by atomic mass is 16.1. The van der Waals surface area contributed by atoms with Gasteiger partial charge in [0, 0.05) is 11.1 Å². The van der Waals surface area contributed by atoms with Gasteiger partial charge in [0.05, 0.1) is 0 Å². The first-order valence-corrected chi connectivity index (χ1v) is 6.77. The molecule has 0 N–H and O–H groups in total. The van der Waals surface area contributed by atoms with Gasteiger partial charge in [0.2, 0.25) is 0 Å². The minimum Gasteiger partial charge on any atom is -0.289 e. The number of rotatable bonds is 4. The van der Waals surface area contributed by atoms with Gasteiger partial charge in [0.25, 0.3) is 0 Å². The van der Waals surface area contributed by atoms with Crippen molar-refractivity contribution in [2.24, 2.45) is 5.92 Å². The van der Waals surface area contributed by atoms with Gasteiger partial charge in [-0.3, -0.25) is 4.79 Å². The summed E-state index contributed by atoms with van der Waals surface area (Å²) in [6.07, 6.45) is 1.01. The van der Waals surface area contributed by atoms with Crippen LogP contribution in [0.5, 0.6) is 0 Å². The van der Waals surface area contributed by atoms with Gasteiger partial charge in [-0.25, -0.2) is 0 Å². The monoisotopic (exact) mass is 252 g/mol. The number of benzene rings is 2. The summed E-state index contributed by atoms with van der Waals surface area (Å²) >= 11 is 0. The Kier molecular flexibility index (Phi) is 4.16. The first kappa shape index (κ1) is 13.5. The molecule has 0 heterocycles. The molecule has 0 atom stereocenters. The largest absolute Gasteiger partial charge is 0.289 e. The molecule has 0 saturated carbocycles. The van der Waals surface area contributed by atoms with Crippen LogP contribution in [0.2, 0.25) is 0 Å². The van der Waals surface area contributed by atoms with E-state index in [-0.39, 0.29) is 5.78 Å². The van der Waals surface area contributed by atoms with E-state index in [1.807, 2.05) is 49.4 Å². The molecular formula is C18H20O. The Morgan fingerprint density at radius 2 is 1.79 bits per heavy atom. The fourth-order valence-corrected chi connectivity index (χ4v) is 2.29. The number of hydrogen-bond acceptors (Lipinski definition) is 1. The first-order chi connectivity index (χ1) is 9.08. The highest BCUT2D eigenvalue weighted by molar-refractivity contribution is 6.09. The molecule has 0 unspecified atom stereocenters. The Hall–Kier alpha value is -1.89. The number of ketones is 1. The SMILES string of the molecule is Cc1ccccc1C(=O)c1cccc(CC(C)C)c1. The molecule has 0 amide bonds. The average molecular weight is 252 g/mol. The minimum atomic E-state index is 0.115. The highest BCUT2D eigenvalue weighted by Crippen LogP contribution is 2.16. The predicted molar refractivity (Wildman–Crippen MR) is 79.6 cm³/mol. The normalized spacial score (nSPS) is 10.7. The van der Waals surface area contributed by atoms with Gasteiger partial charge >= 0.3 is 0 Å². The van der Waals surface area contributed by atoms with Crippen LogP contribution in [0.3, 0.4) is 0 Å². The van der Waals surface area contributed by atoms with Gasteiger partial charge < -0.3 is 0 Å². The van der Waals surface area contributed by atoms with Crippen LogP contribution in [-0.4, -0.2) is 5.78 Å². The molecule has 0 aliphatic carbocycles. The molecule has 19 heavy (non-hydrogen) atoms. The summed E-state index contributed by atoms with van der Waals surface area (Å²) in [6, 6.07) is 15.7. The Morgan fingerprint density at radius 1 is 1.05 bits per heavy atom. The van der Waals surface area contributed by atoms with Crippen molar-refractivity contribution in [1.29, 1.82) is 0 Å². The predicted octanol–water partition coefficient (Wildman–Crippen LogP) is 4.42. The van der Waals surface area contributed by atoms with Crippen molar-refractivity contribution in [3.8, 4) is 0 Å². The fraction of sp³-hybridized carbons (Fsp3) is 0.278. The molecule has 1 heteroatoms. The maximum absolute atomic E-state index is 12.5. The van der Waals surface area contributed by atoms with E-state index in [1.165, 1.54) is 5.56 Å². The molecule has 0 aliphatic heterocycles. The summed E-state index contributed by atoms with van der Waals surface area (Å²) < 4.78 is 0. The lowest BCUT2D eigenvalue weighted by atomic mass is 9.95. The van der Waals surface area contributed by atoms with E-state index in [1.54, 1.807) is 0 Å². The number of hydrogen-bond donors (Lipinski definition) is 0. The van der Waals surface area contributed by atoms with E-state index < -0.39 is 0 Å². The molecule has 0 saturated heterocycles. The highest BCUT2D eigenvalue weighted by Gasteiger charge is 2.11. The summed E-state index contributed by atoms with van der Waals surface area (Å²) in [4.78, 5) is 12.5. The van der Waals surface area contributed by atoms with Gasteiger partial charge in [-0.1, -0.05) is 56.3 Å². The van der Waals surface area contributed by atoms with E-state index in [0.717, 1.165) is 23.1 Å². The van der Waals surface area contributed by atoms with Crippen molar-refractivity contribution in [3.63, 3.8) is 0 Å². The van der Waals surface area contributed by atoms with Gasteiger partial charge in [0.1, 0.15) is 0 Å². The van der Waals surface area contributed by atoms with Crippen molar-refractivity contribution >= 4 is 5.78 Å². The molecule has 0 bridgehead atoms. The third-order valence-electron chi connectivity index (χ3n) is 3.22. The zero-order valence-corrected chi connectivity index (χ0v) is 11.8. The van der Waals surface area contributed by atoms with Crippen LogP contribution in [-0.2, 0) is 6.42 Å². The summed E-state index contributed by atoms with van der Waals surface area (Å²) in [5.74, 6) is 0.715. The molecule has 1 nitrogen and oxygen atoms in total. The Balaban J connectivity index is 2.32. The third kappa shape index (κ3) is 3.31. The second-order valence-electron chi connectivity index (χ2n) is 5.44. The Labute approximate surface area is 115 Å². The van der Waals surface area contributed by atoms with Crippen molar-refractivity contribution in [3.05, 3.63) is 70.8 Å². The summed E-state index contributed by atoms with van der Waals surface area (Å²) in [5.41, 5.74) is 3.84. The standard InChI is InChI=1S/C18H20O/c1-13(2)11-15-8-6-9-16(12-15)18(19)17-10-5-4-7-14(17)3/h4-10,12-13H,11H2,1-3H3. The van der Waals surface area contributed by atoms with E-state index in [0.29, 0.717) is 5.92 Å². The topological polar surface area (TPSA) is 17.1 Å². The lowest BCUT2D eigenvalue weighted by molar-refractivity contribution is 0.103. The van der Waals surface area contributed by atoms with E-state index in [2.05, 4.69) is 19.9 Å². The van der Waals surface area contributed by atoms with E-state index in [9.17, 15) is 4.79 Å². The molecule has 0 aliphatic rings. The van der Waals surface area contributed by atoms with Crippen LogP contribution >= 0.6 is 0 Å². The zero-order valence-electron chi connectivity index (χ0n) is 11.8. The molecule has 0 radical (unpaired) electrons. The Bertz CT molecular complexity index is 582. The van der Waals surface area contributed by atoms with Crippen LogP contribution in [0, 0.1) is 12.8 Å². The van der Waals surface area contributed by atoms with Crippen molar-refractivity contribution < 1.29 is 4.79 Å². The lowest BCUT2D eigenvalue weighted by Crippen LogP contribution is -2.04. The third-order valence-corrected chi connectivity index (χ3v) is 3.22. The summed E-state index contributed by atoms with van der Waals surface area (Å²) in [5, 5.41) is 0. The van der Waals surface area contributed by atoms with Crippen molar-refractivity contribution in [1.82, 2.24) is 0 Å². The van der Waals surface area contributed by atoms with Crippen LogP contribution in [0.4, 0.5) is 0 Å². The lowest BCUT2D eigenvalue weighted by Gasteiger charge is -2.08. The quantitative estimate of drug-likeness (QED) is 0.736. The van der Waals surface area contributed by atoms with Crippen molar-refractivity contribution in [2.45, 2.75) is 27.2 Å². The number of carbonyl (C=O) groups is 1. The second kappa shape index (κ2) is 5.83. The summed E-state index contributed by atoms with van der Waals surface area (Å²) in [7, 11) is 0. The molecule has 98 valence electrons. The van der Waals surface area contributed by atoms with Gasteiger partial charge in [-0.2, -0.15) is 0 Å². The van der Waals surface area contributed by atoms with Crippen LogP contribution in [0.25, 0.3) is 0 Å². The molecular weight excluding hydrogens is 232 g/mol. The maximum atomic E-state index is 12.5. The fourth-order valence-electron chi connectivity index (χ4n) is 2.29. The number of aryl methyl sites for hydroxylation is 1. The maximum Gasteiger partial charge on any atom is 0.193 e. The van der Waals surface area contributed by atoms with Gasteiger partial charge in [-0.05, 0) is 36.5 Å². The number of carbonyl (C=O) groups excluding carboxylic acids is 1. The summed E-state index contributed by atoms with van der Waals surface area (Å²) in [6.45, 7) is 6.36. The average Bonchev–Trinajstić information content (AvgIpc) is 2.38. The molecule has 2 aromatic rings. The van der Waals surface area contributed by atoms with E-state index >= 15 is 0 Å². The van der Waals surface area contributed by atoms with Crippen LogP contribution in [0.15, 0.2) is 48.5 Å². The zero-order chi connectivity index (χ0) is 13.8. The van der Waals surface area contributed by atoms with Gasteiger partial charge in [-0.15, -0.1) is 0 Å². The van der Waals surface area contributed by atoms with Gasteiger partial charge in [0.15, 0.2) is 5.78 Å².